The number of rotatable bonds is 4. The monoisotopic (exact) mass is 356 g/mol. The maximum absolute atomic E-state index is 14.2. The fraction of sp³-hybridized carbons (Fsp3) is 0.238. The Labute approximate surface area is 149 Å². The number of halogens is 1. The normalized spacial score (nSPS) is 15.1. The Morgan fingerprint density at radius 2 is 1.29 bits per heavy atom. The quantitative estimate of drug-likeness (QED) is 0.616. The van der Waals surface area contributed by atoms with Crippen LogP contribution in [-0.4, -0.2) is 0 Å². The summed E-state index contributed by atoms with van der Waals surface area (Å²) >= 11 is 6.70. The van der Waals surface area contributed by atoms with Crippen molar-refractivity contribution in [1.82, 2.24) is 0 Å². The van der Waals surface area contributed by atoms with Crippen LogP contribution in [0.5, 0.6) is 0 Å². The van der Waals surface area contributed by atoms with Crippen molar-refractivity contribution in [3.8, 4) is 0 Å². The van der Waals surface area contributed by atoms with E-state index in [9.17, 15) is 4.57 Å². The van der Waals surface area contributed by atoms with E-state index in [-0.39, 0.29) is 0 Å². The van der Waals surface area contributed by atoms with E-state index in [1.165, 1.54) is 12.0 Å². The summed E-state index contributed by atoms with van der Waals surface area (Å²) in [5.41, 5.74) is 1.21. The van der Waals surface area contributed by atoms with Gasteiger partial charge in [0.25, 0.3) is 0 Å². The molecule has 0 heterocycles. The summed E-state index contributed by atoms with van der Waals surface area (Å²) in [6, 6.07) is 19.2. The van der Waals surface area contributed by atoms with Crippen molar-refractivity contribution in [2.75, 3.05) is 0 Å². The zero-order chi connectivity index (χ0) is 17.0. The topological polar surface area (TPSA) is 17.1 Å². The maximum Gasteiger partial charge on any atom is 0.171 e. The Morgan fingerprint density at radius 1 is 0.833 bits per heavy atom. The second kappa shape index (κ2) is 7.55. The van der Waals surface area contributed by atoms with Crippen LogP contribution in [0.1, 0.15) is 32.1 Å². The van der Waals surface area contributed by atoms with Crippen LogP contribution in [0.3, 0.4) is 0 Å². The molecule has 0 N–H and O–H groups in total. The summed E-state index contributed by atoms with van der Waals surface area (Å²) in [6.45, 7) is 4.20. The molecule has 0 saturated heterocycles. The van der Waals surface area contributed by atoms with Gasteiger partial charge in [0.1, 0.15) is 0 Å². The highest BCUT2D eigenvalue weighted by atomic mass is 35.5. The first kappa shape index (κ1) is 17.3. The van der Waals surface area contributed by atoms with Crippen LogP contribution in [0, 0.1) is 0 Å². The fourth-order valence-electron chi connectivity index (χ4n) is 3.28. The van der Waals surface area contributed by atoms with E-state index in [0.717, 1.165) is 36.3 Å². The zero-order valence-electron chi connectivity index (χ0n) is 13.7. The molecular weight excluding hydrogens is 335 g/mol. The molecule has 1 aliphatic rings. The van der Waals surface area contributed by atoms with Gasteiger partial charge >= 0.3 is 0 Å². The second-order valence-electron chi connectivity index (χ2n) is 6.21. The van der Waals surface area contributed by atoms with Gasteiger partial charge in [-0.2, -0.15) is 0 Å². The molecule has 1 saturated carbocycles. The Hall–Kier alpha value is -1.56. The highest BCUT2D eigenvalue weighted by Gasteiger charge is 2.33. The van der Waals surface area contributed by atoms with Crippen molar-refractivity contribution in [2.24, 2.45) is 0 Å². The van der Waals surface area contributed by atoms with Crippen LogP contribution in [0.4, 0.5) is 0 Å². The van der Waals surface area contributed by atoms with Gasteiger partial charge in [0, 0.05) is 15.9 Å². The van der Waals surface area contributed by atoms with Gasteiger partial charge in [0.15, 0.2) is 7.14 Å². The zero-order valence-corrected chi connectivity index (χ0v) is 15.4. The molecule has 1 nitrogen and oxygen atoms in total. The molecular formula is C21H22ClOP. The number of hydrogen-bond donors (Lipinski definition) is 0. The van der Waals surface area contributed by atoms with E-state index in [2.05, 4.69) is 6.58 Å². The van der Waals surface area contributed by atoms with Crippen molar-refractivity contribution in [3.63, 3.8) is 0 Å². The summed E-state index contributed by atoms with van der Waals surface area (Å²) in [6.07, 6.45) is 5.53. The van der Waals surface area contributed by atoms with Crippen molar-refractivity contribution in [3.05, 3.63) is 83.2 Å². The third kappa shape index (κ3) is 3.29. The van der Waals surface area contributed by atoms with E-state index in [4.69, 9.17) is 11.6 Å². The van der Waals surface area contributed by atoms with E-state index in [1.54, 1.807) is 0 Å². The van der Waals surface area contributed by atoms with E-state index >= 15 is 0 Å². The highest BCUT2D eigenvalue weighted by Crippen LogP contribution is 2.55. The lowest BCUT2D eigenvalue weighted by Gasteiger charge is -2.24. The summed E-state index contributed by atoms with van der Waals surface area (Å²) < 4.78 is 14.2. The van der Waals surface area contributed by atoms with Crippen molar-refractivity contribution in [2.45, 2.75) is 32.1 Å². The molecule has 1 fully saturated rings. The van der Waals surface area contributed by atoms with Gasteiger partial charge in [0.2, 0.25) is 0 Å². The van der Waals surface area contributed by atoms with Crippen molar-refractivity contribution >= 4 is 29.4 Å². The Kier molecular flexibility index (Phi) is 5.43. The molecule has 0 atom stereocenters. The molecule has 3 heteroatoms. The van der Waals surface area contributed by atoms with Crippen LogP contribution < -0.4 is 10.6 Å². The average Bonchev–Trinajstić information content (AvgIpc) is 2.68. The molecule has 0 aromatic heterocycles. The molecule has 0 bridgehead atoms. The number of hydrogen-bond acceptors (Lipinski definition) is 1. The van der Waals surface area contributed by atoms with Crippen LogP contribution in [0.2, 0.25) is 0 Å². The first-order valence-electron chi connectivity index (χ1n) is 8.42. The molecule has 0 aliphatic heterocycles. The van der Waals surface area contributed by atoms with Crippen molar-refractivity contribution < 1.29 is 4.57 Å². The molecule has 0 amide bonds. The molecule has 0 spiro atoms. The summed E-state index contributed by atoms with van der Waals surface area (Å²) in [5.74, 6) is 0. The summed E-state index contributed by atoms with van der Waals surface area (Å²) in [5, 5.41) is 2.77. The largest absolute Gasteiger partial charge is 0.309 e. The van der Waals surface area contributed by atoms with Crippen LogP contribution in [0.25, 0.3) is 0 Å². The van der Waals surface area contributed by atoms with E-state index in [0.29, 0.717) is 10.3 Å². The first-order valence-corrected chi connectivity index (χ1v) is 10.5. The highest BCUT2D eigenvalue weighted by molar-refractivity contribution is 7.82. The molecule has 2 aromatic carbocycles. The lowest BCUT2D eigenvalue weighted by molar-refractivity contribution is 0.589. The second-order valence-corrected chi connectivity index (χ2v) is 9.37. The Morgan fingerprint density at radius 3 is 1.75 bits per heavy atom. The minimum atomic E-state index is -3.02. The van der Waals surface area contributed by atoms with Gasteiger partial charge in [0.05, 0.1) is 5.03 Å². The van der Waals surface area contributed by atoms with Gasteiger partial charge in [-0.3, -0.25) is 0 Å². The predicted octanol–water partition coefficient (Wildman–Crippen LogP) is 5.97. The number of allylic oxidation sites excluding steroid dienone is 3. The Balaban J connectivity index is 2.12. The third-order valence-corrected chi connectivity index (χ3v) is 8.30. The molecule has 2 aromatic rings. The first-order chi connectivity index (χ1) is 11.6. The molecule has 24 heavy (non-hydrogen) atoms. The molecule has 124 valence electrons. The van der Waals surface area contributed by atoms with Crippen LogP contribution >= 0.6 is 18.7 Å². The lowest BCUT2D eigenvalue weighted by Crippen LogP contribution is -2.17. The lowest BCUT2D eigenvalue weighted by atomic mass is 9.94. The van der Waals surface area contributed by atoms with Crippen molar-refractivity contribution in [1.29, 1.82) is 0 Å². The van der Waals surface area contributed by atoms with Gasteiger partial charge in [-0.05, 0) is 25.7 Å². The summed E-state index contributed by atoms with van der Waals surface area (Å²) in [4.78, 5) is 0. The van der Waals surface area contributed by atoms with E-state index in [1.807, 2.05) is 60.7 Å². The van der Waals surface area contributed by atoms with Gasteiger partial charge in [-0.25, -0.2) is 0 Å². The Bertz CT molecular complexity index is 742. The minimum Gasteiger partial charge on any atom is -0.309 e. The molecule has 0 radical (unpaired) electrons. The van der Waals surface area contributed by atoms with Gasteiger partial charge in [-0.1, -0.05) is 90.8 Å². The number of benzene rings is 2. The smallest absolute Gasteiger partial charge is 0.171 e. The minimum absolute atomic E-state index is 0.568. The van der Waals surface area contributed by atoms with Gasteiger partial charge < -0.3 is 4.57 Å². The predicted molar refractivity (Wildman–Crippen MR) is 105 cm³/mol. The fourth-order valence-corrected chi connectivity index (χ4v) is 6.36. The van der Waals surface area contributed by atoms with Crippen LogP contribution in [0.15, 0.2) is 83.2 Å². The standard InChI is InChI=1S/C21H22ClOP/c1-17(21(22)18-11-5-2-6-12-18)24(23,19-13-7-3-8-14-19)20-15-9-4-10-16-20/h3-4,7-10,13-16H,1-2,5-6,11-12H2. The molecule has 0 unspecified atom stereocenters. The van der Waals surface area contributed by atoms with E-state index < -0.39 is 7.14 Å². The SMILES string of the molecule is C=C(C(Cl)=C1CCCCC1)P(=O)(c1ccccc1)c1ccccc1. The summed E-state index contributed by atoms with van der Waals surface area (Å²) in [7, 11) is -3.02. The van der Waals surface area contributed by atoms with Gasteiger partial charge in [-0.15, -0.1) is 0 Å². The maximum atomic E-state index is 14.2. The third-order valence-electron chi connectivity index (χ3n) is 4.64. The molecule has 3 rings (SSSR count). The van der Waals surface area contributed by atoms with Crippen LogP contribution in [-0.2, 0) is 4.57 Å². The molecule has 1 aliphatic carbocycles. The average molecular weight is 357 g/mol.